The number of halogens is 1. The van der Waals surface area contributed by atoms with E-state index in [4.69, 9.17) is 9.47 Å². The molecule has 0 saturated carbocycles. The van der Waals surface area contributed by atoms with Crippen LogP contribution in [0.5, 0.6) is 11.5 Å². The lowest BCUT2D eigenvalue weighted by molar-refractivity contribution is 0.282. The highest BCUT2D eigenvalue weighted by Crippen LogP contribution is 2.36. The molecule has 1 aromatic carbocycles. The van der Waals surface area contributed by atoms with E-state index >= 15 is 0 Å². The van der Waals surface area contributed by atoms with Crippen molar-refractivity contribution in [2.45, 2.75) is 38.6 Å². The highest BCUT2D eigenvalue weighted by Gasteiger charge is 2.11. The summed E-state index contributed by atoms with van der Waals surface area (Å²) in [5.41, 5.74) is 1.09. The molecule has 0 aromatic heterocycles. The fourth-order valence-electron chi connectivity index (χ4n) is 3.35. The Morgan fingerprint density at radius 1 is 1.11 bits per heavy atom. The summed E-state index contributed by atoms with van der Waals surface area (Å²) in [6.07, 6.45) is 6.59. The predicted molar refractivity (Wildman–Crippen MR) is 115 cm³/mol. The number of nitrogens with one attached hydrogen (secondary N) is 2. The summed E-state index contributed by atoms with van der Waals surface area (Å²) in [6, 6.07) is 4.00. The normalized spacial score (nSPS) is 15.9. The van der Waals surface area contributed by atoms with Crippen LogP contribution in [0, 0.1) is 0 Å². The van der Waals surface area contributed by atoms with E-state index in [0.717, 1.165) is 35.5 Å². The summed E-state index contributed by atoms with van der Waals surface area (Å²) in [7, 11) is 5.08. The van der Waals surface area contributed by atoms with Crippen molar-refractivity contribution in [3.05, 3.63) is 22.2 Å². The van der Waals surface area contributed by atoms with Gasteiger partial charge in [0.2, 0.25) is 0 Å². The quantitative estimate of drug-likeness (QED) is 0.368. The molecule has 0 bridgehead atoms. The minimum atomic E-state index is 0.657. The largest absolute Gasteiger partial charge is 0.493 e. The van der Waals surface area contributed by atoms with Gasteiger partial charge in [0.05, 0.1) is 18.7 Å². The fourth-order valence-corrected chi connectivity index (χ4v) is 4.00. The average molecular weight is 441 g/mol. The Balaban J connectivity index is 1.76. The molecule has 0 atom stereocenters. The molecule has 0 aliphatic carbocycles. The van der Waals surface area contributed by atoms with Crippen LogP contribution in [0.1, 0.15) is 37.7 Å². The van der Waals surface area contributed by atoms with Gasteiger partial charge in [-0.25, -0.2) is 0 Å². The third-order valence-corrected chi connectivity index (χ3v) is 5.41. The van der Waals surface area contributed by atoms with Crippen molar-refractivity contribution in [1.29, 1.82) is 0 Å². The Bertz CT molecular complexity index is 602. The second kappa shape index (κ2) is 12.1. The molecule has 27 heavy (non-hydrogen) atoms. The monoisotopic (exact) mass is 440 g/mol. The summed E-state index contributed by atoms with van der Waals surface area (Å²) in [5, 5.41) is 6.76. The SMILES string of the molecule is CN=C(NCCCN1CCCCCC1)NCc1cc(Br)c(OC)c(OC)c1. The zero-order valence-electron chi connectivity index (χ0n) is 16.8. The maximum Gasteiger partial charge on any atom is 0.191 e. The first-order valence-corrected chi connectivity index (χ1v) is 10.5. The van der Waals surface area contributed by atoms with Crippen LogP contribution in [0.25, 0.3) is 0 Å². The molecule has 2 N–H and O–H groups in total. The molecule has 152 valence electrons. The molecule has 0 unspecified atom stereocenters. The van der Waals surface area contributed by atoms with E-state index in [2.05, 4.69) is 36.5 Å². The molecule has 1 fully saturated rings. The van der Waals surface area contributed by atoms with Crippen LogP contribution >= 0.6 is 15.9 Å². The number of aliphatic imine (C=N–C) groups is 1. The molecule has 1 aliphatic rings. The number of hydrogen-bond donors (Lipinski definition) is 2. The molecule has 7 heteroatoms. The Kier molecular flexibility index (Phi) is 9.77. The van der Waals surface area contributed by atoms with Crippen LogP contribution in [0.3, 0.4) is 0 Å². The van der Waals surface area contributed by atoms with Gasteiger partial charge in [0, 0.05) is 20.1 Å². The zero-order valence-corrected chi connectivity index (χ0v) is 18.4. The van der Waals surface area contributed by atoms with Gasteiger partial charge < -0.3 is 25.0 Å². The van der Waals surface area contributed by atoms with Crippen molar-refractivity contribution < 1.29 is 9.47 Å². The lowest BCUT2D eigenvalue weighted by Gasteiger charge is -2.20. The first-order chi connectivity index (χ1) is 13.2. The Labute approximate surface area is 171 Å². The number of guanidine groups is 1. The van der Waals surface area contributed by atoms with Crippen LogP contribution < -0.4 is 20.1 Å². The van der Waals surface area contributed by atoms with Crippen LogP contribution in [0.4, 0.5) is 0 Å². The third kappa shape index (κ3) is 7.22. The third-order valence-electron chi connectivity index (χ3n) is 4.82. The number of hydrogen-bond acceptors (Lipinski definition) is 4. The van der Waals surface area contributed by atoms with Gasteiger partial charge in [-0.05, 0) is 72.5 Å². The van der Waals surface area contributed by atoms with Crippen molar-refractivity contribution in [3.8, 4) is 11.5 Å². The van der Waals surface area contributed by atoms with Crippen LogP contribution in [-0.2, 0) is 6.54 Å². The Hall–Kier alpha value is -1.47. The number of benzene rings is 1. The summed E-state index contributed by atoms with van der Waals surface area (Å²) >= 11 is 3.53. The maximum absolute atomic E-state index is 5.40. The lowest BCUT2D eigenvalue weighted by Crippen LogP contribution is -2.38. The summed E-state index contributed by atoms with van der Waals surface area (Å²) in [5.74, 6) is 2.23. The first kappa shape index (κ1) is 21.8. The van der Waals surface area contributed by atoms with Crippen molar-refractivity contribution in [2.75, 3.05) is 47.4 Å². The van der Waals surface area contributed by atoms with Crippen molar-refractivity contribution in [3.63, 3.8) is 0 Å². The van der Waals surface area contributed by atoms with E-state index in [1.165, 1.54) is 38.8 Å². The summed E-state index contributed by atoms with van der Waals surface area (Å²) in [4.78, 5) is 6.90. The van der Waals surface area contributed by atoms with Gasteiger partial charge in [-0.1, -0.05) is 12.8 Å². The molecule has 1 heterocycles. The molecular weight excluding hydrogens is 408 g/mol. The smallest absolute Gasteiger partial charge is 0.191 e. The van der Waals surface area contributed by atoms with Gasteiger partial charge in [0.1, 0.15) is 0 Å². The molecule has 0 spiro atoms. The van der Waals surface area contributed by atoms with E-state index in [1.807, 2.05) is 12.1 Å². The lowest BCUT2D eigenvalue weighted by atomic mass is 10.2. The topological polar surface area (TPSA) is 58.1 Å². The molecule has 2 rings (SSSR count). The second-order valence-electron chi connectivity index (χ2n) is 6.78. The van der Waals surface area contributed by atoms with E-state index in [9.17, 15) is 0 Å². The van der Waals surface area contributed by atoms with Crippen molar-refractivity contribution in [1.82, 2.24) is 15.5 Å². The molecule has 1 saturated heterocycles. The average Bonchev–Trinajstić information content (AvgIpc) is 2.95. The fraction of sp³-hybridized carbons (Fsp3) is 0.650. The number of rotatable bonds is 8. The minimum absolute atomic E-state index is 0.657. The second-order valence-corrected chi connectivity index (χ2v) is 7.63. The van der Waals surface area contributed by atoms with Crippen LogP contribution in [0.15, 0.2) is 21.6 Å². The highest BCUT2D eigenvalue weighted by atomic mass is 79.9. The standard InChI is InChI=1S/C20H33BrN4O2/c1-22-20(23-9-8-12-25-10-6-4-5-7-11-25)24-15-16-13-17(21)19(27-3)18(14-16)26-2/h13-14H,4-12,15H2,1-3H3,(H2,22,23,24). The van der Waals surface area contributed by atoms with Gasteiger partial charge in [-0.3, -0.25) is 4.99 Å². The Morgan fingerprint density at radius 2 is 1.85 bits per heavy atom. The summed E-state index contributed by atoms with van der Waals surface area (Å²) < 4.78 is 11.6. The van der Waals surface area contributed by atoms with Gasteiger partial charge in [-0.15, -0.1) is 0 Å². The molecule has 1 aromatic rings. The van der Waals surface area contributed by atoms with E-state index < -0.39 is 0 Å². The van der Waals surface area contributed by atoms with Crippen molar-refractivity contribution >= 4 is 21.9 Å². The number of methoxy groups -OCH3 is 2. The van der Waals surface area contributed by atoms with Crippen molar-refractivity contribution in [2.24, 2.45) is 4.99 Å². The van der Waals surface area contributed by atoms with Gasteiger partial charge in [-0.2, -0.15) is 0 Å². The maximum atomic E-state index is 5.40. The number of nitrogens with zero attached hydrogens (tertiary/aromatic N) is 2. The van der Waals surface area contributed by atoms with Crippen LogP contribution in [-0.4, -0.2) is 58.3 Å². The predicted octanol–water partition coefficient (Wildman–Crippen LogP) is 3.40. The Morgan fingerprint density at radius 3 is 2.48 bits per heavy atom. The van der Waals surface area contributed by atoms with Gasteiger partial charge in [0.15, 0.2) is 17.5 Å². The number of likely N-dealkylation sites (tertiary alicyclic amines) is 1. The molecule has 1 aliphatic heterocycles. The van der Waals surface area contributed by atoms with Crippen LogP contribution in [0.2, 0.25) is 0 Å². The zero-order chi connectivity index (χ0) is 19.5. The number of ether oxygens (including phenoxy) is 2. The van der Waals surface area contributed by atoms with Gasteiger partial charge >= 0.3 is 0 Å². The summed E-state index contributed by atoms with van der Waals surface area (Å²) in [6.45, 7) is 5.24. The van der Waals surface area contributed by atoms with E-state index in [0.29, 0.717) is 18.0 Å². The highest BCUT2D eigenvalue weighted by molar-refractivity contribution is 9.10. The first-order valence-electron chi connectivity index (χ1n) is 9.75. The molecular formula is C20H33BrN4O2. The van der Waals surface area contributed by atoms with E-state index in [1.54, 1.807) is 21.3 Å². The minimum Gasteiger partial charge on any atom is -0.493 e. The van der Waals surface area contributed by atoms with Gasteiger partial charge in [0.25, 0.3) is 0 Å². The molecule has 0 radical (unpaired) electrons. The molecule has 0 amide bonds. The molecule has 6 nitrogen and oxygen atoms in total. The van der Waals surface area contributed by atoms with E-state index in [-0.39, 0.29) is 0 Å².